The molecule has 1 N–H and O–H groups in total. The van der Waals surface area contributed by atoms with Crippen molar-refractivity contribution in [3.63, 3.8) is 0 Å². The molecule has 1 fully saturated rings. The maximum absolute atomic E-state index is 12.2. The lowest BCUT2D eigenvalue weighted by atomic mass is 9.81. The molecule has 1 saturated heterocycles. The number of nitrogens with one attached hydrogen (secondary N) is 1. The number of piperazine rings is 1. The van der Waals surface area contributed by atoms with Gasteiger partial charge in [-0.05, 0) is 23.1 Å². The quantitative estimate of drug-likeness (QED) is 0.890. The van der Waals surface area contributed by atoms with Gasteiger partial charge in [0, 0.05) is 32.2 Å². The van der Waals surface area contributed by atoms with Crippen molar-refractivity contribution in [2.45, 2.75) is 33.2 Å². The van der Waals surface area contributed by atoms with E-state index in [9.17, 15) is 13.2 Å². The van der Waals surface area contributed by atoms with Gasteiger partial charge in [0.2, 0.25) is 0 Å². The van der Waals surface area contributed by atoms with E-state index in [-0.39, 0.29) is 29.6 Å². The normalized spacial score (nSPS) is 18.2. The van der Waals surface area contributed by atoms with Crippen LogP contribution in [0.4, 0.5) is 13.2 Å². The average Bonchev–Trinajstić information content (AvgIpc) is 2.39. The maximum Gasteiger partial charge on any atom is 0.573 e. The maximum atomic E-state index is 12.2. The first kappa shape index (κ1) is 20.1. The summed E-state index contributed by atoms with van der Waals surface area (Å²) in [7, 11) is 0. The van der Waals surface area contributed by atoms with Crippen LogP contribution in [0.15, 0.2) is 24.3 Å². The Labute approximate surface area is 141 Å². The second-order valence-electron chi connectivity index (χ2n) is 6.67. The van der Waals surface area contributed by atoms with E-state index in [2.05, 4.69) is 35.7 Å². The van der Waals surface area contributed by atoms with Gasteiger partial charge in [0.25, 0.3) is 0 Å². The molecule has 132 valence electrons. The van der Waals surface area contributed by atoms with Gasteiger partial charge in [-0.25, -0.2) is 0 Å². The lowest BCUT2D eigenvalue weighted by molar-refractivity contribution is -0.274. The molecule has 0 radical (unpaired) electrons. The van der Waals surface area contributed by atoms with E-state index in [1.165, 1.54) is 12.1 Å². The monoisotopic (exact) mass is 352 g/mol. The summed E-state index contributed by atoms with van der Waals surface area (Å²) in [5, 5.41) is 3.32. The third kappa shape index (κ3) is 5.86. The summed E-state index contributed by atoms with van der Waals surface area (Å²) in [5.41, 5.74) is 1.01. The molecular weight excluding hydrogens is 329 g/mol. The fourth-order valence-corrected chi connectivity index (χ4v) is 3.05. The van der Waals surface area contributed by atoms with E-state index in [1.807, 2.05) is 0 Å². The Morgan fingerprint density at radius 2 is 1.57 bits per heavy atom. The second-order valence-corrected chi connectivity index (χ2v) is 6.67. The summed E-state index contributed by atoms with van der Waals surface area (Å²) in [6, 6.07) is 6.42. The summed E-state index contributed by atoms with van der Waals surface area (Å²) < 4.78 is 40.7. The predicted octanol–water partition coefficient (Wildman–Crippen LogP) is 4.00. The van der Waals surface area contributed by atoms with Gasteiger partial charge in [0.15, 0.2) is 0 Å². The first-order chi connectivity index (χ1) is 10.2. The lowest BCUT2D eigenvalue weighted by Gasteiger charge is -2.42. The van der Waals surface area contributed by atoms with Crippen molar-refractivity contribution in [1.82, 2.24) is 10.2 Å². The Morgan fingerprint density at radius 1 is 1.04 bits per heavy atom. The zero-order valence-corrected chi connectivity index (χ0v) is 14.4. The van der Waals surface area contributed by atoms with Crippen molar-refractivity contribution in [1.29, 1.82) is 0 Å². The Bertz CT molecular complexity index is 480. The molecule has 3 nitrogen and oxygen atoms in total. The Balaban J connectivity index is 0.00000264. The van der Waals surface area contributed by atoms with Crippen LogP contribution in [0.2, 0.25) is 0 Å². The minimum Gasteiger partial charge on any atom is -0.406 e. The van der Waals surface area contributed by atoms with Crippen LogP contribution in [0, 0.1) is 5.41 Å². The summed E-state index contributed by atoms with van der Waals surface area (Å²) in [5.74, 6) is -0.177. The summed E-state index contributed by atoms with van der Waals surface area (Å²) in [6.07, 6.45) is -4.65. The van der Waals surface area contributed by atoms with Crippen molar-refractivity contribution < 1.29 is 17.9 Å². The molecule has 0 saturated carbocycles. The first-order valence-corrected chi connectivity index (χ1v) is 7.47. The number of halogens is 4. The smallest absolute Gasteiger partial charge is 0.406 e. The van der Waals surface area contributed by atoms with Crippen LogP contribution in [-0.4, -0.2) is 37.4 Å². The first-order valence-electron chi connectivity index (χ1n) is 7.47. The SMILES string of the molecule is CC(C)(C)[C@H](c1ccc(OC(F)(F)F)cc1)N1CCNCC1.Cl. The standard InChI is InChI=1S/C16H23F3N2O.ClH/c1-15(2,3)14(21-10-8-20-9-11-21)12-4-6-13(7-5-12)22-16(17,18)19;/h4-7,14,20H,8-11H2,1-3H3;1H/t14-;/m0./s1. The fraction of sp³-hybridized carbons (Fsp3) is 0.625. The molecular formula is C16H24ClF3N2O. The van der Waals surface area contributed by atoms with Crippen molar-refractivity contribution in [3.8, 4) is 5.75 Å². The van der Waals surface area contributed by atoms with Gasteiger partial charge in [-0.2, -0.15) is 0 Å². The van der Waals surface area contributed by atoms with Gasteiger partial charge in [0.05, 0.1) is 0 Å². The average molecular weight is 353 g/mol. The molecule has 0 unspecified atom stereocenters. The van der Waals surface area contributed by atoms with Crippen LogP contribution in [-0.2, 0) is 0 Å². The molecule has 0 bridgehead atoms. The second kappa shape index (κ2) is 7.73. The third-order valence-electron chi connectivity index (χ3n) is 3.77. The van der Waals surface area contributed by atoms with Crippen LogP contribution < -0.4 is 10.1 Å². The Morgan fingerprint density at radius 3 is 2.00 bits per heavy atom. The van der Waals surface area contributed by atoms with Crippen LogP contribution in [0.3, 0.4) is 0 Å². The number of ether oxygens (including phenoxy) is 1. The number of rotatable bonds is 3. The van der Waals surface area contributed by atoms with Gasteiger partial charge >= 0.3 is 6.36 Å². The van der Waals surface area contributed by atoms with Crippen LogP contribution in [0.1, 0.15) is 32.4 Å². The van der Waals surface area contributed by atoms with E-state index in [4.69, 9.17) is 0 Å². The van der Waals surface area contributed by atoms with Crippen molar-refractivity contribution >= 4 is 12.4 Å². The van der Waals surface area contributed by atoms with E-state index in [0.29, 0.717) is 0 Å². The number of alkyl halides is 3. The summed E-state index contributed by atoms with van der Waals surface area (Å²) >= 11 is 0. The summed E-state index contributed by atoms with van der Waals surface area (Å²) in [6.45, 7) is 10.2. The highest BCUT2D eigenvalue weighted by Crippen LogP contribution is 2.38. The van der Waals surface area contributed by atoms with Crippen molar-refractivity contribution in [2.24, 2.45) is 5.41 Å². The molecule has 0 aromatic heterocycles. The Hall–Kier alpha value is -0.980. The molecule has 2 rings (SSSR count). The molecule has 0 aliphatic carbocycles. The highest BCUT2D eigenvalue weighted by atomic mass is 35.5. The van der Waals surface area contributed by atoms with Crippen LogP contribution >= 0.6 is 12.4 Å². The van der Waals surface area contributed by atoms with E-state index in [0.717, 1.165) is 31.7 Å². The zero-order valence-electron chi connectivity index (χ0n) is 13.6. The molecule has 1 atom stereocenters. The van der Waals surface area contributed by atoms with E-state index in [1.54, 1.807) is 12.1 Å². The van der Waals surface area contributed by atoms with Gasteiger partial charge < -0.3 is 10.1 Å². The molecule has 1 aliphatic heterocycles. The summed E-state index contributed by atoms with van der Waals surface area (Å²) in [4.78, 5) is 2.39. The molecule has 0 spiro atoms. The van der Waals surface area contributed by atoms with Crippen LogP contribution in [0.5, 0.6) is 5.75 Å². The van der Waals surface area contributed by atoms with Gasteiger partial charge in [-0.3, -0.25) is 4.90 Å². The van der Waals surface area contributed by atoms with Gasteiger partial charge in [-0.1, -0.05) is 32.9 Å². The molecule has 1 aliphatic rings. The van der Waals surface area contributed by atoms with E-state index < -0.39 is 6.36 Å². The van der Waals surface area contributed by atoms with E-state index >= 15 is 0 Å². The predicted molar refractivity (Wildman–Crippen MR) is 87.0 cm³/mol. The molecule has 1 aromatic carbocycles. The highest BCUT2D eigenvalue weighted by Gasteiger charge is 2.33. The van der Waals surface area contributed by atoms with Gasteiger partial charge in [0.1, 0.15) is 5.75 Å². The number of hydrogen-bond donors (Lipinski definition) is 1. The topological polar surface area (TPSA) is 24.5 Å². The molecule has 7 heteroatoms. The lowest BCUT2D eigenvalue weighted by Crippen LogP contribution is -2.48. The zero-order chi connectivity index (χ0) is 16.4. The molecule has 23 heavy (non-hydrogen) atoms. The fourth-order valence-electron chi connectivity index (χ4n) is 3.05. The largest absolute Gasteiger partial charge is 0.573 e. The minimum absolute atomic E-state index is 0. The van der Waals surface area contributed by atoms with Crippen molar-refractivity contribution in [2.75, 3.05) is 26.2 Å². The van der Waals surface area contributed by atoms with Crippen molar-refractivity contribution in [3.05, 3.63) is 29.8 Å². The molecule has 0 amide bonds. The third-order valence-corrected chi connectivity index (χ3v) is 3.77. The Kier molecular flexibility index (Phi) is 6.74. The highest BCUT2D eigenvalue weighted by molar-refractivity contribution is 5.85. The molecule has 1 aromatic rings. The molecule has 1 heterocycles. The van der Waals surface area contributed by atoms with Gasteiger partial charge in [-0.15, -0.1) is 25.6 Å². The number of benzene rings is 1. The number of nitrogens with zero attached hydrogens (tertiary/aromatic N) is 1. The number of hydrogen-bond acceptors (Lipinski definition) is 3. The van der Waals surface area contributed by atoms with Crippen LogP contribution in [0.25, 0.3) is 0 Å². The minimum atomic E-state index is -4.65.